The van der Waals surface area contributed by atoms with Crippen molar-refractivity contribution in [2.45, 2.75) is 32.1 Å². The molecule has 0 unspecified atom stereocenters. The van der Waals surface area contributed by atoms with E-state index >= 15 is 0 Å². The number of hydrogen-bond acceptors (Lipinski definition) is 3. The number of amides is 1. The van der Waals surface area contributed by atoms with Crippen molar-refractivity contribution in [3.8, 4) is 0 Å². The van der Waals surface area contributed by atoms with E-state index in [0.717, 1.165) is 19.4 Å². The Hall–Kier alpha value is -0.900. The summed E-state index contributed by atoms with van der Waals surface area (Å²) in [5, 5.41) is 2.77. The minimum atomic E-state index is 0.0442. The van der Waals surface area contributed by atoms with E-state index in [1.165, 1.54) is 19.3 Å². The van der Waals surface area contributed by atoms with Gasteiger partial charge in [0, 0.05) is 19.0 Å². The molecule has 0 radical (unpaired) electrons. The van der Waals surface area contributed by atoms with E-state index in [9.17, 15) is 9.59 Å². The van der Waals surface area contributed by atoms with Gasteiger partial charge in [-0.25, -0.2) is 0 Å². The lowest BCUT2D eigenvalue weighted by Crippen LogP contribution is -2.49. The first kappa shape index (κ1) is 11.6. The Bertz CT molecular complexity index is 272. The number of nitrogens with one attached hydrogen (secondary N) is 1. The lowest BCUT2D eigenvalue weighted by Gasteiger charge is -2.28. The molecule has 1 aliphatic heterocycles. The number of rotatable bonds is 3. The molecule has 90 valence electrons. The number of nitrogens with zero attached hydrogens (tertiary/aromatic N) is 1. The number of piperazine rings is 1. The second-order valence-corrected chi connectivity index (χ2v) is 4.86. The standard InChI is InChI=1S/C12H20N2O2/c15-11(10-4-2-1-3-5-10)8-14-7-6-13-12(16)9-14/h10H,1-9H2,(H,13,16). The summed E-state index contributed by atoms with van der Waals surface area (Å²) >= 11 is 0. The Morgan fingerprint density at radius 1 is 1.31 bits per heavy atom. The van der Waals surface area contributed by atoms with Gasteiger partial charge in [0.15, 0.2) is 0 Å². The Morgan fingerprint density at radius 3 is 2.75 bits per heavy atom. The van der Waals surface area contributed by atoms with Crippen LogP contribution in [0.2, 0.25) is 0 Å². The minimum absolute atomic E-state index is 0.0442. The van der Waals surface area contributed by atoms with Gasteiger partial charge in [-0.15, -0.1) is 0 Å². The Kier molecular flexibility index (Phi) is 3.93. The number of hydrogen-bond donors (Lipinski definition) is 1. The van der Waals surface area contributed by atoms with Crippen molar-refractivity contribution in [3.05, 3.63) is 0 Å². The van der Waals surface area contributed by atoms with Gasteiger partial charge in [-0.2, -0.15) is 0 Å². The molecule has 2 fully saturated rings. The van der Waals surface area contributed by atoms with E-state index in [1.54, 1.807) is 0 Å². The third kappa shape index (κ3) is 3.04. The van der Waals surface area contributed by atoms with Gasteiger partial charge in [-0.3, -0.25) is 14.5 Å². The number of Topliss-reactive ketones (excluding diaryl/α,β-unsaturated/α-hetero) is 1. The van der Waals surface area contributed by atoms with Crippen LogP contribution in [0.4, 0.5) is 0 Å². The summed E-state index contributed by atoms with van der Waals surface area (Å²) in [4.78, 5) is 25.1. The van der Waals surface area contributed by atoms with Crippen LogP contribution < -0.4 is 5.32 Å². The molecule has 2 aliphatic rings. The van der Waals surface area contributed by atoms with Gasteiger partial charge in [0.25, 0.3) is 0 Å². The van der Waals surface area contributed by atoms with Crippen LogP contribution >= 0.6 is 0 Å². The Balaban J connectivity index is 1.79. The molecule has 0 bridgehead atoms. The van der Waals surface area contributed by atoms with Crippen LogP contribution in [0, 0.1) is 5.92 Å². The highest BCUT2D eigenvalue weighted by atomic mass is 16.2. The van der Waals surface area contributed by atoms with Crippen molar-refractivity contribution in [1.29, 1.82) is 0 Å². The summed E-state index contributed by atoms with van der Waals surface area (Å²) in [5.41, 5.74) is 0. The lowest BCUT2D eigenvalue weighted by atomic mass is 9.86. The van der Waals surface area contributed by atoms with Crippen LogP contribution in [0.15, 0.2) is 0 Å². The van der Waals surface area contributed by atoms with Gasteiger partial charge in [-0.1, -0.05) is 19.3 Å². The van der Waals surface area contributed by atoms with Crippen molar-refractivity contribution in [2.24, 2.45) is 5.92 Å². The first-order valence-electron chi connectivity index (χ1n) is 6.27. The maximum Gasteiger partial charge on any atom is 0.234 e. The van der Waals surface area contributed by atoms with Crippen LogP contribution in [-0.4, -0.2) is 42.8 Å². The average Bonchev–Trinajstić information content (AvgIpc) is 2.30. The zero-order valence-electron chi connectivity index (χ0n) is 9.71. The van der Waals surface area contributed by atoms with E-state index in [-0.39, 0.29) is 11.8 Å². The van der Waals surface area contributed by atoms with Crippen LogP contribution in [0.1, 0.15) is 32.1 Å². The smallest absolute Gasteiger partial charge is 0.234 e. The SMILES string of the molecule is O=C1CN(CC(=O)C2CCCCC2)CCN1. The summed E-state index contributed by atoms with van der Waals surface area (Å²) in [7, 11) is 0. The maximum atomic E-state index is 12.0. The third-order valence-electron chi connectivity index (χ3n) is 3.56. The van der Waals surface area contributed by atoms with E-state index < -0.39 is 0 Å². The van der Waals surface area contributed by atoms with Crippen LogP contribution in [0.3, 0.4) is 0 Å². The van der Waals surface area contributed by atoms with E-state index in [1.807, 2.05) is 4.90 Å². The highest BCUT2D eigenvalue weighted by Gasteiger charge is 2.24. The molecule has 1 heterocycles. The molecule has 0 spiro atoms. The van der Waals surface area contributed by atoms with Crippen LogP contribution in [0.25, 0.3) is 0 Å². The second-order valence-electron chi connectivity index (χ2n) is 4.86. The topological polar surface area (TPSA) is 49.4 Å². The highest BCUT2D eigenvalue weighted by molar-refractivity contribution is 5.84. The van der Waals surface area contributed by atoms with E-state index in [2.05, 4.69) is 5.32 Å². The van der Waals surface area contributed by atoms with Gasteiger partial charge in [-0.05, 0) is 12.8 Å². The zero-order chi connectivity index (χ0) is 11.4. The molecule has 4 nitrogen and oxygen atoms in total. The van der Waals surface area contributed by atoms with Gasteiger partial charge in [0.1, 0.15) is 5.78 Å². The molecule has 2 rings (SSSR count). The molecule has 1 aliphatic carbocycles. The van der Waals surface area contributed by atoms with Crippen molar-refractivity contribution in [2.75, 3.05) is 26.2 Å². The predicted molar refractivity (Wildman–Crippen MR) is 61.0 cm³/mol. The van der Waals surface area contributed by atoms with Crippen molar-refractivity contribution < 1.29 is 9.59 Å². The summed E-state index contributed by atoms with van der Waals surface area (Å²) in [5.74, 6) is 0.649. The lowest BCUT2D eigenvalue weighted by molar-refractivity contribution is -0.128. The third-order valence-corrected chi connectivity index (χ3v) is 3.56. The summed E-state index contributed by atoms with van der Waals surface area (Å²) < 4.78 is 0. The molecule has 0 aromatic heterocycles. The average molecular weight is 224 g/mol. The first-order chi connectivity index (χ1) is 7.75. The second kappa shape index (κ2) is 5.43. The quantitative estimate of drug-likeness (QED) is 0.762. The van der Waals surface area contributed by atoms with Crippen molar-refractivity contribution in [3.63, 3.8) is 0 Å². The highest BCUT2D eigenvalue weighted by Crippen LogP contribution is 2.24. The Labute approximate surface area is 96.4 Å². The van der Waals surface area contributed by atoms with Crippen LogP contribution in [-0.2, 0) is 9.59 Å². The number of carbonyl (C=O) groups is 2. The van der Waals surface area contributed by atoms with Crippen molar-refractivity contribution >= 4 is 11.7 Å². The van der Waals surface area contributed by atoms with Gasteiger partial charge in [0.2, 0.25) is 5.91 Å². The molecule has 1 N–H and O–H groups in total. The predicted octanol–water partition coefficient (Wildman–Crippen LogP) is 0.568. The zero-order valence-corrected chi connectivity index (χ0v) is 9.71. The minimum Gasteiger partial charge on any atom is -0.354 e. The fourth-order valence-corrected chi connectivity index (χ4v) is 2.60. The van der Waals surface area contributed by atoms with Gasteiger partial charge in [0.05, 0.1) is 13.1 Å². The summed E-state index contributed by atoms with van der Waals surface area (Å²) in [6, 6.07) is 0. The molecule has 16 heavy (non-hydrogen) atoms. The van der Waals surface area contributed by atoms with Crippen molar-refractivity contribution in [1.82, 2.24) is 10.2 Å². The molecular formula is C12H20N2O2. The first-order valence-corrected chi connectivity index (χ1v) is 6.27. The Morgan fingerprint density at radius 2 is 2.06 bits per heavy atom. The summed E-state index contributed by atoms with van der Waals surface area (Å²) in [6.45, 7) is 2.34. The van der Waals surface area contributed by atoms with E-state index in [0.29, 0.717) is 25.4 Å². The molecule has 1 saturated carbocycles. The fraction of sp³-hybridized carbons (Fsp3) is 0.833. The maximum absolute atomic E-state index is 12.0. The van der Waals surface area contributed by atoms with E-state index in [4.69, 9.17) is 0 Å². The normalized spacial score (nSPS) is 24.1. The molecule has 0 aromatic carbocycles. The van der Waals surface area contributed by atoms with Crippen LogP contribution in [0.5, 0.6) is 0 Å². The largest absolute Gasteiger partial charge is 0.354 e. The number of ketones is 1. The summed E-state index contributed by atoms with van der Waals surface area (Å²) in [6.07, 6.45) is 5.77. The molecule has 4 heteroatoms. The van der Waals surface area contributed by atoms with Gasteiger partial charge < -0.3 is 5.32 Å². The number of carbonyl (C=O) groups excluding carboxylic acids is 2. The van der Waals surface area contributed by atoms with Gasteiger partial charge >= 0.3 is 0 Å². The molecule has 0 aromatic rings. The monoisotopic (exact) mass is 224 g/mol. The molecule has 1 amide bonds. The molecule has 0 atom stereocenters. The molecule has 1 saturated heterocycles. The fourth-order valence-electron chi connectivity index (χ4n) is 2.60. The molecular weight excluding hydrogens is 204 g/mol.